The van der Waals surface area contributed by atoms with Crippen LogP contribution >= 0.6 is 12.2 Å². The molecule has 1 aromatic rings. The summed E-state index contributed by atoms with van der Waals surface area (Å²) in [5.41, 5.74) is 6.22. The van der Waals surface area contributed by atoms with E-state index in [-0.39, 0.29) is 11.0 Å². The molecule has 2 rings (SSSR count). The summed E-state index contributed by atoms with van der Waals surface area (Å²) < 4.78 is 27.0. The average Bonchev–Trinajstić information content (AvgIpc) is 2.47. The Balaban J connectivity index is 2.31. The summed E-state index contributed by atoms with van der Waals surface area (Å²) in [6.45, 7) is 2.65. The largest absolute Gasteiger partial charge is 0.389 e. The third kappa shape index (κ3) is 3.02. The number of thiocarbonyl (C=S) groups is 1. The van der Waals surface area contributed by atoms with Gasteiger partial charge in [-0.2, -0.15) is 4.31 Å². The molecule has 0 aliphatic carbocycles. The maximum Gasteiger partial charge on any atom is 0.243 e. The number of hydrogen-bond donors (Lipinski definition) is 1. The quantitative estimate of drug-likeness (QED) is 0.866. The first kappa shape index (κ1) is 15.4. The van der Waals surface area contributed by atoms with E-state index in [1.807, 2.05) is 6.92 Å². The minimum Gasteiger partial charge on any atom is -0.389 e. The van der Waals surface area contributed by atoms with Gasteiger partial charge in [0, 0.05) is 18.2 Å². The summed E-state index contributed by atoms with van der Waals surface area (Å²) in [6.07, 6.45) is 3.83. The van der Waals surface area contributed by atoms with Crippen molar-refractivity contribution in [1.82, 2.24) is 4.31 Å². The van der Waals surface area contributed by atoms with Crippen molar-refractivity contribution < 1.29 is 8.42 Å². The highest BCUT2D eigenvalue weighted by Gasteiger charge is 2.32. The molecule has 0 amide bonds. The molecule has 1 fully saturated rings. The van der Waals surface area contributed by atoms with Crippen LogP contribution in [0.5, 0.6) is 0 Å². The first-order chi connectivity index (χ1) is 9.46. The van der Waals surface area contributed by atoms with Crippen LogP contribution in [0.4, 0.5) is 0 Å². The predicted molar refractivity (Wildman–Crippen MR) is 84.2 cm³/mol. The number of hydrogen-bond acceptors (Lipinski definition) is 3. The van der Waals surface area contributed by atoms with Gasteiger partial charge in [0.1, 0.15) is 4.99 Å². The van der Waals surface area contributed by atoms with Gasteiger partial charge in [-0.3, -0.25) is 0 Å². The summed E-state index contributed by atoms with van der Waals surface area (Å²) in [6, 6.07) is 6.63. The Morgan fingerprint density at radius 3 is 2.55 bits per heavy atom. The van der Waals surface area contributed by atoms with Gasteiger partial charge in [0.15, 0.2) is 0 Å². The van der Waals surface area contributed by atoms with Crippen molar-refractivity contribution in [2.45, 2.75) is 43.5 Å². The van der Waals surface area contributed by atoms with Crippen LogP contribution in [0, 0.1) is 0 Å². The lowest BCUT2D eigenvalue weighted by atomic mass is 10.0. The van der Waals surface area contributed by atoms with E-state index in [1.54, 1.807) is 28.6 Å². The fourth-order valence-electron chi connectivity index (χ4n) is 2.62. The molecule has 1 heterocycles. The molecule has 1 aromatic carbocycles. The molecule has 0 radical (unpaired) electrons. The van der Waals surface area contributed by atoms with Crippen molar-refractivity contribution in [1.29, 1.82) is 0 Å². The third-order valence-electron chi connectivity index (χ3n) is 3.79. The molecule has 0 aromatic heterocycles. The highest BCUT2D eigenvalue weighted by molar-refractivity contribution is 7.89. The number of rotatable bonds is 4. The highest BCUT2D eigenvalue weighted by atomic mass is 32.2. The van der Waals surface area contributed by atoms with Crippen LogP contribution in [-0.2, 0) is 10.0 Å². The molecule has 0 spiro atoms. The van der Waals surface area contributed by atoms with Crippen molar-refractivity contribution in [3.63, 3.8) is 0 Å². The zero-order valence-corrected chi connectivity index (χ0v) is 13.2. The Hall–Kier alpha value is -0.980. The first-order valence-corrected chi connectivity index (χ1v) is 8.73. The van der Waals surface area contributed by atoms with E-state index in [4.69, 9.17) is 18.0 Å². The number of piperidine rings is 1. The monoisotopic (exact) mass is 312 g/mol. The SMILES string of the molecule is CCC1CCCCN1S(=O)(=O)c1ccc(C(N)=S)cc1. The van der Waals surface area contributed by atoms with Gasteiger partial charge >= 0.3 is 0 Å². The van der Waals surface area contributed by atoms with Gasteiger partial charge in [0.2, 0.25) is 10.0 Å². The van der Waals surface area contributed by atoms with Crippen LogP contribution in [0.1, 0.15) is 38.2 Å². The first-order valence-electron chi connectivity index (χ1n) is 6.88. The molecule has 0 bridgehead atoms. The van der Waals surface area contributed by atoms with Crippen molar-refractivity contribution in [3.8, 4) is 0 Å². The van der Waals surface area contributed by atoms with Crippen molar-refractivity contribution in [3.05, 3.63) is 29.8 Å². The van der Waals surface area contributed by atoms with Crippen LogP contribution in [-0.4, -0.2) is 30.3 Å². The molecule has 110 valence electrons. The number of nitrogens with zero attached hydrogens (tertiary/aromatic N) is 1. The molecule has 1 atom stereocenters. The van der Waals surface area contributed by atoms with Crippen LogP contribution < -0.4 is 5.73 Å². The topological polar surface area (TPSA) is 63.4 Å². The van der Waals surface area contributed by atoms with Gasteiger partial charge in [-0.15, -0.1) is 0 Å². The third-order valence-corrected chi connectivity index (χ3v) is 5.99. The lowest BCUT2D eigenvalue weighted by Gasteiger charge is -2.34. The van der Waals surface area contributed by atoms with Crippen molar-refractivity contribution in [2.24, 2.45) is 5.73 Å². The standard InChI is InChI=1S/C14H20N2O2S2/c1-2-12-5-3-4-10-16(12)20(17,18)13-8-6-11(7-9-13)14(15)19/h6-9,12H,2-5,10H2,1H3,(H2,15,19). The van der Waals surface area contributed by atoms with Crippen molar-refractivity contribution >= 4 is 27.2 Å². The number of nitrogens with two attached hydrogens (primary N) is 1. The summed E-state index contributed by atoms with van der Waals surface area (Å²) in [5.74, 6) is 0. The summed E-state index contributed by atoms with van der Waals surface area (Å²) >= 11 is 4.88. The summed E-state index contributed by atoms with van der Waals surface area (Å²) in [4.78, 5) is 0.594. The van der Waals surface area contributed by atoms with Crippen LogP contribution in [0.25, 0.3) is 0 Å². The molecule has 0 saturated carbocycles. The maximum absolute atomic E-state index is 12.7. The molecule has 20 heavy (non-hydrogen) atoms. The zero-order valence-electron chi connectivity index (χ0n) is 11.6. The minimum absolute atomic E-state index is 0.115. The van der Waals surface area contributed by atoms with Gasteiger partial charge in [-0.05, 0) is 31.4 Å². The van der Waals surface area contributed by atoms with E-state index in [2.05, 4.69) is 0 Å². The molecular formula is C14H20N2O2S2. The fraction of sp³-hybridized carbons (Fsp3) is 0.500. The van der Waals surface area contributed by atoms with Crippen LogP contribution in [0.15, 0.2) is 29.2 Å². The van der Waals surface area contributed by atoms with Gasteiger partial charge in [0.25, 0.3) is 0 Å². The van der Waals surface area contributed by atoms with Crippen LogP contribution in [0.3, 0.4) is 0 Å². The van der Waals surface area contributed by atoms with E-state index >= 15 is 0 Å². The molecule has 4 nitrogen and oxygen atoms in total. The Morgan fingerprint density at radius 2 is 2.00 bits per heavy atom. The second kappa shape index (κ2) is 6.20. The van der Waals surface area contributed by atoms with E-state index in [1.165, 1.54) is 0 Å². The molecule has 1 unspecified atom stereocenters. The lowest BCUT2D eigenvalue weighted by molar-refractivity contribution is 0.246. The van der Waals surface area contributed by atoms with Gasteiger partial charge in [-0.1, -0.05) is 37.7 Å². The average molecular weight is 312 g/mol. The summed E-state index contributed by atoms with van der Waals surface area (Å²) in [7, 11) is -3.42. The molecular weight excluding hydrogens is 292 g/mol. The Labute approximate surface area is 126 Å². The molecule has 1 saturated heterocycles. The normalized spacial score (nSPS) is 20.8. The second-order valence-electron chi connectivity index (χ2n) is 5.06. The fourth-order valence-corrected chi connectivity index (χ4v) is 4.53. The highest BCUT2D eigenvalue weighted by Crippen LogP contribution is 2.27. The van der Waals surface area contributed by atoms with Gasteiger partial charge in [0.05, 0.1) is 4.90 Å². The molecule has 6 heteroatoms. The predicted octanol–water partition coefficient (Wildman–Crippen LogP) is 2.27. The van der Waals surface area contributed by atoms with E-state index in [0.717, 1.165) is 25.7 Å². The summed E-state index contributed by atoms with van der Waals surface area (Å²) in [5, 5.41) is 0. The van der Waals surface area contributed by atoms with Gasteiger partial charge in [-0.25, -0.2) is 8.42 Å². The number of sulfonamides is 1. The Morgan fingerprint density at radius 1 is 1.35 bits per heavy atom. The Kier molecular flexibility index (Phi) is 4.78. The van der Waals surface area contributed by atoms with Gasteiger partial charge < -0.3 is 5.73 Å². The number of benzene rings is 1. The second-order valence-corrected chi connectivity index (χ2v) is 7.39. The zero-order chi connectivity index (χ0) is 14.8. The van der Waals surface area contributed by atoms with E-state index in [0.29, 0.717) is 17.0 Å². The Bertz CT molecular complexity index is 582. The maximum atomic E-state index is 12.7. The van der Waals surface area contributed by atoms with E-state index < -0.39 is 10.0 Å². The molecule has 1 aliphatic heterocycles. The van der Waals surface area contributed by atoms with Crippen LogP contribution in [0.2, 0.25) is 0 Å². The van der Waals surface area contributed by atoms with E-state index in [9.17, 15) is 8.42 Å². The lowest BCUT2D eigenvalue weighted by Crippen LogP contribution is -2.43. The smallest absolute Gasteiger partial charge is 0.243 e. The minimum atomic E-state index is -3.42. The van der Waals surface area contributed by atoms with Crippen molar-refractivity contribution in [2.75, 3.05) is 6.54 Å². The molecule has 1 aliphatic rings. The molecule has 2 N–H and O–H groups in total.